The van der Waals surface area contributed by atoms with Crippen molar-refractivity contribution >= 4 is 28.5 Å². The minimum atomic E-state index is -1.11. The Balaban J connectivity index is 1.82. The zero-order valence-electron chi connectivity index (χ0n) is 10.4. The summed E-state index contributed by atoms with van der Waals surface area (Å²) in [5.74, 6) is -1.11. The Labute approximate surface area is 114 Å². The van der Waals surface area contributed by atoms with Crippen LogP contribution in [0.15, 0.2) is 0 Å². The number of aliphatic carboxylic acids is 1. The van der Waals surface area contributed by atoms with Gasteiger partial charge in [0.1, 0.15) is 0 Å². The van der Waals surface area contributed by atoms with Crippen molar-refractivity contribution in [2.24, 2.45) is 0 Å². The van der Waals surface area contributed by atoms with Gasteiger partial charge in [0, 0.05) is 12.0 Å². The van der Waals surface area contributed by atoms with E-state index in [1.54, 1.807) is 0 Å². The summed E-state index contributed by atoms with van der Waals surface area (Å²) >= 11 is 1.47. The van der Waals surface area contributed by atoms with E-state index in [1.807, 2.05) is 0 Å². The van der Waals surface area contributed by atoms with Crippen LogP contribution in [0.1, 0.15) is 17.0 Å². The van der Waals surface area contributed by atoms with Crippen molar-refractivity contribution in [3.05, 3.63) is 10.6 Å². The van der Waals surface area contributed by atoms with E-state index >= 15 is 0 Å². The van der Waals surface area contributed by atoms with E-state index in [9.17, 15) is 9.59 Å². The Morgan fingerprint density at radius 2 is 2.32 bits per heavy atom. The number of thiazole rings is 1. The maximum Gasteiger partial charge on any atom is 0.334 e. The Morgan fingerprint density at radius 1 is 1.53 bits per heavy atom. The van der Waals surface area contributed by atoms with E-state index in [0.717, 1.165) is 25.0 Å². The molecule has 1 aliphatic rings. The van der Waals surface area contributed by atoms with Crippen LogP contribution < -0.4 is 10.6 Å². The molecule has 1 aromatic heterocycles. The van der Waals surface area contributed by atoms with Gasteiger partial charge in [-0.25, -0.2) is 14.6 Å². The largest absolute Gasteiger partial charge is 0.479 e. The van der Waals surface area contributed by atoms with Crippen LogP contribution in [-0.2, 0) is 22.4 Å². The van der Waals surface area contributed by atoms with Gasteiger partial charge < -0.3 is 15.2 Å². The first-order valence-corrected chi connectivity index (χ1v) is 6.71. The van der Waals surface area contributed by atoms with Crippen LogP contribution in [0.5, 0.6) is 0 Å². The molecule has 0 radical (unpaired) electrons. The molecule has 8 heteroatoms. The number of hydrogen-bond donors (Lipinski definition) is 3. The quantitative estimate of drug-likeness (QED) is 0.744. The molecule has 0 spiro atoms. The summed E-state index contributed by atoms with van der Waals surface area (Å²) in [4.78, 5) is 27.8. The number of carboxylic acid groups (broad SMARTS) is 1. The highest BCUT2D eigenvalue weighted by molar-refractivity contribution is 7.15. The molecular formula is C11H15N3O4S. The molecule has 0 saturated carbocycles. The second kappa shape index (κ2) is 5.98. The third kappa shape index (κ3) is 3.42. The van der Waals surface area contributed by atoms with Crippen LogP contribution in [0.2, 0.25) is 0 Å². The summed E-state index contributed by atoms with van der Waals surface area (Å²) in [6.45, 7) is -0.0945. The first kappa shape index (κ1) is 13.8. The van der Waals surface area contributed by atoms with Crippen LogP contribution in [0.4, 0.5) is 9.93 Å². The van der Waals surface area contributed by atoms with Crippen molar-refractivity contribution in [1.82, 2.24) is 10.3 Å². The second-order valence-corrected chi connectivity index (χ2v) is 5.22. The third-order valence-corrected chi connectivity index (χ3v) is 3.90. The van der Waals surface area contributed by atoms with Gasteiger partial charge >= 0.3 is 12.0 Å². The molecule has 2 rings (SSSR count). The number of nitrogens with one attached hydrogen (secondary N) is 2. The van der Waals surface area contributed by atoms with Gasteiger partial charge in [0.25, 0.3) is 0 Å². The predicted octanol–water partition coefficient (Wildman–Crippen LogP) is 0.853. The van der Waals surface area contributed by atoms with Gasteiger partial charge in [-0.3, -0.25) is 5.32 Å². The number of nitrogens with zero attached hydrogens (tertiary/aromatic N) is 1. The second-order valence-electron chi connectivity index (χ2n) is 4.14. The van der Waals surface area contributed by atoms with Crippen LogP contribution in [0.3, 0.4) is 0 Å². The molecule has 0 saturated heterocycles. The minimum Gasteiger partial charge on any atom is -0.479 e. The first-order valence-electron chi connectivity index (χ1n) is 5.89. The van der Waals surface area contributed by atoms with E-state index in [4.69, 9.17) is 9.84 Å². The summed E-state index contributed by atoms with van der Waals surface area (Å²) in [5.41, 5.74) is 1.06. The van der Waals surface area contributed by atoms with Crippen LogP contribution in [-0.4, -0.2) is 41.8 Å². The fourth-order valence-corrected chi connectivity index (χ4v) is 2.89. The lowest BCUT2D eigenvalue weighted by Gasteiger charge is -2.11. The molecule has 1 atom stereocenters. The van der Waals surface area contributed by atoms with Crippen molar-refractivity contribution in [3.63, 3.8) is 0 Å². The summed E-state index contributed by atoms with van der Waals surface area (Å²) in [5, 5.41) is 14.3. The minimum absolute atomic E-state index is 0.0945. The number of hydrogen-bond acceptors (Lipinski definition) is 5. The number of carboxylic acids is 1. The highest BCUT2D eigenvalue weighted by Gasteiger charge is 2.19. The molecule has 19 heavy (non-hydrogen) atoms. The summed E-state index contributed by atoms with van der Waals surface area (Å²) in [6, 6.07) is -0.476. The van der Waals surface area contributed by atoms with Crippen molar-refractivity contribution in [3.8, 4) is 0 Å². The maximum atomic E-state index is 11.6. The lowest BCUT2D eigenvalue weighted by atomic mass is 10.3. The van der Waals surface area contributed by atoms with Gasteiger partial charge in [-0.2, -0.15) is 0 Å². The van der Waals surface area contributed by atoms with Gasteiger partial charge in [0.2, 0.25) is 0 Å². The van der Waals surface area contributed by atoms with Crippen molar-refractivity contribution in [1.29, 1.82) is 0 Å². The SMILES string of the molecule is COC(CNC(=O)Nc1nc2c(s1)CCC2)C(=O)O. The lowest BCUT2D eigenvalue weighted by Crippen LogP contribution is -2.39. The fourth-order valence-electron chi connectivity index (χ4n) is 1.84. The summed E-state index contributed by atoms with van der Waals surface area (Å²) in [6.07, 6.45) is 2.04. The average molecular weight is 285 g/mol. The Bertz CT molecular complexity index is 467. The van der Waals surface area contributed by atoms with Crippen molar-refractivity contribution in [2.45, 2.75) is 25.4 Å². The number of amides is 2. The molecule has 7 nitrogen and oxygen atoms in total. The van der Waals surface area contributed by atoms with Crippen molar-refractivity contribution in [2.75, 3.05) is 19.0 Å². The number of aryl methyl sites for hydroxylation is 2. The number of carbonyl (C=O) groups is 2. The third-order valence-electron chi connectivity index (χ3n) is 2.82. The number of methoxy groups -OCH3 is 1. The van der Waals surface area contributed by atoms with Gasteiger partial charge in [-0.05, 0) is 19.3 Å². The molecule has 1 heterocycles. The molecular weight excluding hydrogens is 270 g/mol. The molecule has 1 aromatic rings. The van der Waals surface area contributed by atoms with Gasteiger partial charge in [-0.15, -0.1) is 11.3 Å². The van der Waals surface area contributed by atoms with E-state index < -0.39 is 18.1 Å². The number of aromatic nitrogens is 1. The Morgan fingerprint density at radius 3 is 2.95 bits per heavy atom. The molecule has 1 aliphatic carbocycles. The molecule has 0 fully saturated rings. The summed E-state index contributed by atoms with van der Waals surface area (Å²) in [7, 11) is 1.28. The number of fused-ring (bicyclic) bond motifs is 1. The Hall–Kier alpha value is -1.67. The standard InChI is InChI=1S/C11H15N3O4S/c1-18-7(9(15)16)5-12-10(17)14-11-13-6-3-2-4-8(6)19-11/h7H,2-5H2,1H3,(H,15,16)(H2,12,13,14,17). The highest BCUT2D eigenvalue weighted by Crippen LogP contribution is 2.30. The fraction of sp³-hybridized carbons (Fsp3) is 0.545. The zero-order chi connectivity index (χ0) is 13.8. The topological polar surface area (TPSA) is 101 Å². The van der Waals surface area contributed by atoms with E-state index in [2.05, 4.69) is 15.6 Å². The van der Waals surface area contributed by atoms with Gasteiger partial charge in [0.15, 0.2) is 11.2 Å². The molecule has 0 aromatic carbocycles. The number of anilines is 1. The van der Waals surface area contributed by atoms with Crippen LogP contribution >= 0.6 is 11.3 Å². The smallest absolute Gasteiger partial charge is 0.334 e. The van der Waals surface area contributed by atoms with Crippen molar-refractivity contribution < 1.29 is 19.4 Å². The molecule has 1 unspecified atom stereocenters. The number of ether oxygens (including phenoxy) is 1. The predicted molar refractivity (Wildman–Crippen MR) is 69.6 cm³/mol. The number of carbonyl (C=O) groups excluding carboxylic acids is 1. The highest BCUT2D eigenvalue weighted by atomic mass is 32.1. The molecule has 104 valence electrons. The first-order chi connectivity index (χ1) is 9.10. The van der Waals surface area contributed by atoms with E-state index in [-0.39, 0.29) is 6.54 Å². The van der Waals surface area contributed by atoms with Crippen LogP contribution in [0, 0.1) is 0 Å². The number of rotatable bonds is 5. The molecule has 0 aliphatic heterocycles. The zero-order valence-corrected chi connectivity index (χ0v) is 11.2. The van der Waals surface area contributed by atoms with E-state index in [0.29, 0.717) is 5.13 Å². The molecule has 0 bridgehead atoms. The monoisotopic (exact) mass is 285 g/mol. The summed E-state index contributed by atoms with van der Waals surface area (Å²) < 4.78 is 4.71. The normalized spacial score (nSPS) is 14.8. The lowest BCUT2D eigenvalue weighted by molar-refractivity contribution is -0.147. The van der Waals surface area contributed by atoms with Gasteiger partial charge in [0.05, 0.1) is 12.2 Å². The Kier molecular flexibility index (Phi) is 4.33. The maximum absolute atomic E-state index is 11.6. The van der Waals surface area contributed by atoms with Crippen LogP contribution in [0.25, 0.3) is 0 Å². The molecule has 2 amide bonds. The number of urea groups is 1. The molecule has 3 N–H and O–H groups in total. The van der Waals surface area contributed by atoms with Gasteiger partial charge in [-0.1, -0.05) is 0 Å². The van der Waals surface area contributed by atoms with E-state index in [1.165, 1.54) is 23.3 Å². The average Bonchev–Trinajstić information content (AvgIpc) is 2.89.